The van der Waals surface area contributed by atoms with Crippen LogP contribution >= 0.6 is 0 Å². The fourth-order valence-electron chi connectivity index (χ4n) is 4.22. The van der Waals surface area contributed by atoms with E-state index in [0.717, 1.165) is 32.2 Å². The Morgan fingerprint density at radius 3 is 2.93 bits per heavy atom. The number of rotatable bonds is 4. The molecule has 2 aliphatic heterocycles. The molecule has 0 spiro atoms. The summed E-state index contributed by atoms with van der Waals surface area (Å²) in [6.45, 7) is 2.87. The molecule has 2 atom stereocenters. The number of piperidine rings is 1. The quantitative estimate of drug-likeness (QED) is 0.715. The normalized spacial score (nSPS) is 21.0. The van der Waals surface area contributed by atoms with E-state index in [1.807, 2.05) is 0 Å². The molecule has 0 radical (unpaired) electrons. The van der Waals surface area contributed by atoms with E-state index in [0.29, 0.717) is 5.95 Å². The van der Waals surface area contributed by atoms with Crippen LogP contribution in [0.2, 0.25) is 0 Å². The second kappa shape index (κ2) is 8.25. The van der Waals surface area contributed by atoms with Crippen LogP contribution in [0.1, 0.15) is 50.5 Å². The highest BCUT2D eigenvalue weighted by atomic mass is 19.1. The van der Waals surface area contributed by atoms with Crippen LogP contribution in [0.5, 0.6) is 0 Å². The minimum absolute atomic E-state index is 0.116. The number of carbonyl (C=O) groups is 2. The third kappa shape index (κ3) is 3.92. The molecule has 1 aromatic carbocycles. The lowest BCUT2D eigenvalue weighted by Gasteiger charge is -2.36. The number of fused-ring (bicyclic) bond motifs is 1. The minimum Gasteiger partial charge on any atom is -0.339 e. The standard InChI is InChI=1S/C21H24FN5O3/c1-2-14-8-3-4-9-27(14)21-25-18-17(20(30)26-21)15(11-16(28)24-18)19(29)23-13-7-5-6-12(22)10-13/h5-7,10,14-15H,2-4,8-9,11H2,1H3,(H,23,29)(H2,24,25,26,28,30)/t14-,15-/m1/s1. The second-order valence-electron chi connectivity index (χ2n) is 7.71. The first-order valence-corrected chi connectivity index (χ1v) is 10.2. The largest absolute Gasteiger partial charge is 0.339 e. The van der Waals surface area contributed by atoms with Crippen LogP contribution in [0, 0.1) is 5.82 Å². The molecule has 4 rings (SSSR count). The molecule has 2 aromatic rings. The van der Waals surface area contributed by atoms with Gasteiger partial charge >= 0.3 is 0 Å². The maximum Gasteiger partial charge on any atom is 0.258 e. The van der Waals surface area contributed by atoms with Crippen molar-refractivity contribution in [3.05, 3.63) is 46.0 Å². The Kier molecular flexibility index (Phi) is 5.52. The number of H-pyrrole nitrogens is 1. The van der Waals surface area contributed by atoms with Gasteiger partial charge in [-0.2, -0.15) is 4.98 Å². The van der Waals surface area contributed by atoms with Gasteiger partial charge in [0, 0.05) is 24.7 Å². The molecule has 30 heavy (non-hydrogen) atoms. The molecule has 158 valence electrons. The number of hydrogen-bond acceptors (Lipinski definition) is 5. The number of amides is 2. The molecule has 9 heteroatoms. The maximum atomic E-state index is 13.4. The smallest absolute Gasteiger partial charge is 0.258 e. The zero-order valence-corrected chi connectivity index (χ0v) is 16.7. The lowest BCUT2D eigenvalue weighted by Crippen LogP contribution is -2.43. The Balaban J connectivity index is 1.66. The van der Waals surface area contributed by atoms with E-state index in [2.05, 4.69) is 32.4 Å². The van der Waals surface area contributed by atoms with Gasteiger partial charge in [0.05, 0.1) is 11.5 Å². The van der Waals surface area contributed by atoms with Crippen molar-refractivity contribution in [3.63, 3.8) is 0 Å². The number of halogens is 1. The first-order chi connectivity index (χ1) is 14.5. The minimum atomic E-state index is -1.01. The predicted molar refractivity (Wildman–Crippen MR) is 111 cm³/mol. The summed E-state index contributed by atoms with van der Waals surface area (Å²) >= 11 is 0. The summed E-state index contributed by atoms with van der Waals surface area (Å²) in [6.07, 6.45) is 3.89. The topological polar surface area (TPSA) is 107 Å². The molecule has 0 bridgehead atoms. The van der Waals surface area contributed by atoms with Crippen LogP contribution in [0.3, 0.4) is 0 Å². The van der Waals surface area contributed by atoms with E-state index in [9.17, 15) is 18.8 Å². The summed E-state index contributed by atoms with van der Waals surface area (Å²) in [4.78, 5) is 47.4. The number of carbonyl (C=O) groups excluding carboxylic acids is 2. The summed E-state index contributed by atoms with van der Waals surface area (Å²) in [7, 11) is 0. The van der Waals surface area contributed by atoms with Crippen LogP contribution < -0.4 is 21.1 Å². The molecule has 2 amide bonds. The van der Waals surface area contributed by atoms with Crippen molar-refractivity contribution in [3.8, 4) is 0 Å². The molecule has 8 nitrogen and oxygen atoms in total. The average Bonchev–Trinajstić information content (AvgIpc) is 2.72. The summed E-state index contributed by atoms with van der Waals surface area (Å²) in [5.41, 5.74) is -0.0697. The van der Waals surface area contributed by atoms with Crippen LogP contribution in [-0.4, -0.2) is 34.4 Å². The first-order valence-electron chi connectivity index (χ1n) is 10.2. The molecular weight excluding hydrogens is 389 g/mol. The Labute approximate surface area is 172 Å². The van der Waals surface area contributed by atoms with Gasteiger partial charge in [0.2, 0.25) is 17.8 Å². The molecule has 2 aliphatic rings. The maximum absolute atomic E-state index is 13.4. The number of nitrogens with one attached hydrogen (secondary N) is 3. The Hall–Kier alpha value is -3.23. The molecule has 0 aliphatic carbocycles. The first kappa shape index (κ1) is 20.1. The van der Waals surface area contributed by atoms with Crippen molar-refractivity contribution < 1.29 is 14.0 Å². The predicted octanol–water partition coefficient (Wildman–Crippen LogP) is 2.74. The second-order valence-corrected chi connectivity index (χ2v) is 7.71. The molecule has 0 saturated carbocycles. The van der Waals surface area contributed by atoms with E-state index in [1.54, 1.807) is 0 Å². The van der Waals surface area contributed by atoms with E-state index in [4.69, 9.17) is 0 Å². The molecule has 1 aromatic heterocycles. The Bertz CT molecular complexity index is 1040. The highest BCUT2D eigenvalue weighted by molar-refractivity contribution is 6.04. The third-order valence-corrected chi connectivity index (χ3v) is 5.72. The fraction of sp³-hybridized carbons (Fsp3) is 0.429. The van der Waals surface area contributed by atoms with Gasteiger partial charge in [-0.3, -0.25) is 19.4 Å². The van der Waals surface area contributed by atoms with Crippen LogP contribution in [0.15, 0.2) is 29.1 Å². The van der Waals surface area contributed by atoms with Crippen molar-refractivity contribution in [2.24, 2.45) is 0 Å². The molecule has 0 unspecified atom stereocenters. The summed E-state index contributed by atoms with van der Waals surface area (Å²) in [5, 5.41) is 5.22. The van der Waals surface area contributed by atoms with Gasteiger partial charge in [-0.15, -0.1) is 0 Å². The van der Waals surface area contributed by atoms with E-state index >= 15 is 0 Å². The van der Waals surface area contributed by atoms with Gasteiger partial charge in [0.25, 0.3) is 5.56 Å². The monoisotopic (exact) mass is 413 g/mol. The summed E-state index contributed by atoms with van der Waals surface area (Å²) < 4.78 is 13.4. The number of anilines is 3. The highest BCUT2D eigenvalue weighted by Crippen LogP contribution is 2.31. The lowest BCUT2D eigenvalue weighted by atomic mass is 9.92. The number of hydrogen-bond donors (Lipinski definition) is 3. The highest BCUT2D eigenvalue weighted by Gasteiger charge is 2.35. The van der Waals surface area contributed by atoms with E-state index in [1.165, 1.54) is 24.3 Å². The SMILES string of the molecule is CC[C@@H]1CCCCN1c1nc2c(c(=O)[nH]1)[C@H](C(=O)Nc1cccc(F)c1)CC(=O)N2. The Morgan fingerprint density at radius 1 is 1.33 bits per heavy atom. The average molecular weight is 413 g/mol. The van der Waals surface area contributed by atoms with E-state index < -0.39 is 29.1 Å². The number of aromatic nitrogens is 2. The molecule has 3 heterocycles. The zero-order chi connectivity index (χ0) is 21.3. The van der Waals surface area contributed by atoms with E-state index in [-0.39, 0.29) is 29.5 Å². The third-order valence-electron chi connectivity index (χ3n) is 5.72. The van der Waals surface area contributed by atoms with Gasteiger partial charge in [-0.25, -0.2) is 4.39 Å². The summed E-state index contributed by atoms with van der Waals surface area (Å²) in [5.74, 6) is -1.92. The fourth-order valence-corrected chi connectivity index (χ4v) is 4.22. The van der Waals surface area contributed by atoms with Gasteiger partial charge < -0.3 is 15.5 Å². The zero-order valence-electron chi connectivity index (χ0n) is 16.7. The van der Waals surface area contributed by atoms with Gasteiger partial charge in [0.15, 0.2) is 0 Å². The number of nitrogens with zero attached hydrogens (tertiary/aromatic N) is 2. The number of benzene rings is 1. The van der Waals surface area contributed by atoms with Crippen molar-refractivity contribution >= 4 is 29.3 Å². The van der Waals surface area contributed by atoms with Gasteiger partial charge in [-0.05, 0) is 43.9 Å². The van der Waals surface area contributed by atoms with Crippen molar-refractivity contribution in [1.82, 2.24) is 9.97 Å². The molecule has 1 saturated heterocycles. The van der Waals surface area contributed by atoms with Crippen molar-refractivity contribution in [2.75, 3.05) is 22.1 Å². The van der Waals surface area contributed by atoms with Crippen LogP contribution in [-0.2, 0) is 9.59 Å². The lowest BCUT2D eigenvalue weighted by molar-refractivity contribution is -0.123. The van der Waals surface area contributed by atoms with Crippen molar-refractivity contribution in [2.45, 2.75) is 51.0 Å². The number of aromatic amines is 1. The molecule has 1 fully saturated rings. The van der Waals surface area contributed by atoms with Crippen LogP contribution in [0.25, 0.3) is 0 Å². The summed E-state index contributed by atoms with van der Waals surface area (Å²) in [6, 6.07) is 5.72. The van der Waals surface area contributed by atoms with Gasteiger partial charge in [0.1, 0.15) is 11.6 Å². The Morgan fingerprint density at radius 2 is 2.17 bits per heavy atom. The van der Waals surface area contributed by atoms with Crippen LogP contribution in [0.4, 0.5) is 21.8 Å². The van der Waals surface area contributed by atoms with Crippen molar-refractivity contribution in [1.29, 1.82) is 0 Å². The molecule has 3 N–H and O–H groups in total. The van der Waals surface area contributed by atoms with Gasteiger partial charge in [-0.1, -0.05) is 13.0 Å². The molecular formula is C21H24FN5O3.